The van der Waals surface area contributed by atoms with Crippen LogP contribution in [0.1, 0.15) is 93.4 Å². The molecule has 3 amide bonds. The molecule has 0 saturated heterocycles. The van der Waals surface area contributed by atoms with Gasteiger partial charge in [0.15, 0.2) is 5.82 Å². The predicted molar refractivity (Wildman–Crippen MR) is 244 cm³/mol. The van der Waals surface area contributed by atoms with Gasteiger partial charge in [-0.15, -0.1) is 21.5 Å². The molecule has 15 heteroatoms. The maximum Gasteiger partial charge on any atom is 0.255 e. The summed E-state index contributed by atoms with van der Waals surface area (Å²) in [4.78, 5) is 49.4. The van der Waals surface area contributed by atoms with Crippen LogP contribution >= 0.6 is 22.9 Å². The first-order valence-electron chi connectivity index (χ1n) is 20.4. The number of fused-ring (bicyclic) bond motifs is 3. The lowest BCUT2D eigenvalue weighted by molar-refractivity contribution is -0.122. The van der Waals surface area contributed by atoms with Gasteiger partial charge in [0, 0.05) is 64.2 Å². The Morgan fingerprint density at radius 2 is 1.76 bits per heavy atom. The third-order valence-electron chi connectivity index (χ3n) is 10.5. The van der Waals surface area contributed by atoms with E-state index in [0.717, 1.165) is 63.6 Å². The van der Waals surface area contributed by atoms with Gasteiger partial charge in [0.05, 0.1) is 23.5 Å². The van der Waals surface area contributed by atoms with Crippen LogP contribution in [-0.4, -0.2) is 55.8 Å². The number of unbranched alkanes of at least 4 members (excludes halogenated alkanes) is 1. The van der Waals surface area contributed by atoms with E-state index in [4.69, 9.17) is 16.6 Å². The van der Waals surface area contributed by atoms with Gasteiger partial charge in [0.25, 0.3) is 5.91 Å². The lowest BCUT2D eigenvalue weighted by Gasteiger charge is -2.17. The maximum atomic E-state index is 14.4. The van der Waals surface area contributed by atoms with Crippen LogP contribution in [0.4, 0.5) is 15.8 Å². The summed E-state index contributed by atoms with van der Waals surface area (Å²) in [6.07, 6.45) is 8.79. The molecule has 318 valence electrons. The molecule has 4 heterocycles. The molecular weight excluding hydrogens is 825 g/mol. The normalized spacial score (nSPS) is 13.7. The lowest BCUT2D eigenvalue weighted by Crippen LogP contribution is -2.33. The topological polar surface area (TPSA) is 155 Å². The van der Waals surface area contributed by atoms with Gasteiger partial charge < -0.3 is 21.3 Å². The molecule has 4 N–H and O–H groups in total. The summed E-state index contributed by atoms with van der Waals surface area (Å²) < 4.78 is 16.4. The number of carbonyl (C=O) groups is 3. The second-order valence-corrected chi connectivity index (χ2v) is 16.8. The van der Waals surface area contributed by atoms with Crippen LogP contribution in [-0.2, 0) is 16.1 Å². The van der Waals surface area contributed by atoms with Crippen LogP contribution in [0.2, 0.25) is 5.02 Å². The van der Waals surface area contributed by atoms with Crippen LogP contribution in [0.15, 0.2) is 102 Å². The van der Waals surface area contributed by atoms with E-state index < -0.39 is 11.9 Å². The second-order valence-electron chi connectivity index (χ2n) is 15.2. The number of halogens is 2. The molecule has 7 rings (SSSR count). The van der Waals surface area contributed by atoms with Gasteiger partial charge in [-0.1, -0.05) is 41.9 Å². The van der Waals surface area contributed by atoms with E-state index in [-0.39, 0.29) is 30.2 Å². The quantitative estimate of drug-likeness (QED) is 0.0559. The highest BCUT2D eigenvalue weighted by Crippen LogP contribution is 2.39. The molecule has 0 spiro atoms. The van der Waals surface area contributed by atoms with Crippen molar-refractivity contribution in [1.29, 1.82) is 0 Å². The summed E-state index contributed by atoms with van der Waals surface area (Å²) in [5, 5.41) is 22.6. The minimum absolute atomic E-state index is 0.0935. The fourth-order valence-electron chi connectivity index (χ4n) is 7.15. The van der Waals surface area contributed by atoms with Crippen LogP contribution in [0, 0.1) is 26.6 Å². The fraction of sp³-hybridized carbons (Fsp3) is 0.255. The molecule has 0 bridgehead atoms. The number of aliphatic imine (C=N–C) groups is 1. The zero-order valence-corrected chi connectivity index (χ0v) is 36.4. The first-order valence-corrected chi connectivity index (χ1v) is 21.6. The summed E-state index contributed by atoms with van der Waals surface area (Å²) in [5.41, 5.74) is 6.79. The molecule has 2 atom stereocenters. The van der Waals surface area contributed by atoms with E-state index in [9.17, 15) is 18.8 Å². The summed E-state index contributed by atoms with van der Waals surface area (Å²) >= 11 is 7.91. The van der Waals surface area contributed by atoms with Gasteiger partial charge in [0.2, 0.25) is 11.8 Å². The van der Waals surface area contributed by atoms with Crippen LogP contribution in [0.5, 0.6) is 0 Å². The van der Waals surface area contributed by atoms with E-state index >= 15 is 0 Å². The van der Waals surface area contributed by atoms with Crippen molar-refractivity contribution in [2.45, 2.75) is 72.0 Å². The number of carbonyl (C=O) groups excluding carboxylic acids is 3. The highest BCUT2D eigenvalue weighted by atomic mass is 35.5. The molecule has 1 unspecified atom stereocenters. The van der Waals surface area contributed by atoms with Crippen molar-refractivity contribution < 1.29 is 18.8 Å². The number of hydrogen-bond acceptors (Lipinski definition) is 9. The van der Waals surface area contributed by atoms with Crippen molar-refractivity contribution in [3.63, 3.8) is 0 Å². The first kappa shape index (κ1) is 43.6. The Morgan fingerprint density at radius 3 is 2.52 bits per heavy atom. The molecule has 0 saturated carbocycles. The fourth-order valence-corrected chi connectivity index (χ4v) is 8.49. The molecule has 0 radical (unpaired) electrons. The second kappa shape index (κ2) is 19.9. The highest BCUT2D eigenvalue weighted by molar-refractivity contribution is 7.15. The molecule has 6 aromatic rings. The van der Waals surface area contributed by atoms with Crippen LogP contribution in [0.25, 0.3) is 11.1 Å². The number of nitrogens with one attached hydrogen (secondary N) is 4. The number of rotatable bonds is 16. The van der Waals surface area contributed by atoms with Crippen molar-refractivity contribution in [1.82, 2.24) is 30.4 Å². The van der Waals surface area contributed by atoms with Crippen molar-refractivity contribution in [2.24, 2.45) is 4.99 Å². The Bertz CT molecular complexity index is 2630. The number of anilines is 2. The van der Waals surface area contributed by atoms with E-state index in [2.05, 4.69) is 50.3 Å². The average Bonchev–Trinajstić information content (AvgIpc) is 3.74. The Labute approximate surface area is 368 Å². The molecule has 12 nitrogen and oxygen atoms in total. The van der Waals surface area contributed by atoms with E-state index in [1.54, 1.807) is 60.1 Å². The largest absolute Gasteiger partial charge is 0.383 e. The lowest BCUT2D eigenvalue weighted by atomic mass is 9.99. The van der Waals surface area contributed by atoms with Gasteiger partial charge >= 0.3 is 0 Å². The van der Waals surface area contributed by atoms with Crippen molar-refractivity contribution in [2.75, 3.05) is 17.2 Å². The van der Waals surface area contributed by atoms with E-state index in [0.29, 0.717) is 40.9 Å². The van der Waals surface area contributed by atoms with Crippen LogP contribution < -0.4 is 21.3 Å². The van der Waals surface area contributed by atoms with Crippen LogP contribution in [0.3, 0.4) is 0 Å². The number of aromatic nitrogens is 4. The molecule has 0 fully saturated rings. The van der Waals surface area contributed by atoms with E-state index in [1.807, 2.05) is 48.7 Å². The zero-order valence-electron chi connectivity index (χ0n) is 34.8. The smallest absolute Gasteiger partial charge is 0.255 e. The number of hydrogen-bond donors (Lipinski definition) is 4. The monoisotopic (exact) mass is 871 g/mol. The number of aryl methyl sites for hydroxylation is 2. The van der Waals surface area contributed by atoms with E-state index in [1.165, 1.54) is 29.2 Å². The SMILES string of the molecule is Cc1sc2c(c1C)C(c1ccc(Cl)cc1)=NC(CC(=O)N[C@H](C)CCCCNc1cc(F)ccc1NC(=O)c1ccc(CNC(=O)/C=C/c3cccnc3)cc1)c1nnc(C)n1-2. The molecule has 3 aromatic heterocycles. The predicted octanol–water partition coefficient (Wildman–Crippen LogP) is 9.09. The summed E-state index contributed by atoms with van der Waals surface area (Å²) in [5.74, 6) is 0.171. The number of thiophene rings is 1. The Morgan fingerprint density at radius 1 is 0.968 bits per heavy atom. The molecule has 0 aliphatic carbocycles. The molecule has 1 aliphatic heterocycles. The minimum Gasteiger partial charge on any atom is -0.383 e. The summed E-state index contributed by atoms with van der Waals surface area (Å²) in [6.45, 7) is 8.88. The highest BCUT2D eigenvalue weighted by Gasteiger charge is 2.32. The number of pyridine rings is 1. The Balaban J connectivity index is 0.895. The van der Waals surface area contributed by atoms with Gasteiger partial charge in [0.1, 0.15) is 22.7 Å². The molecule has 3 aromatic carbocycles. The molecule has 1 aliphatic rings. The van der Waals surface area contributed by atoms with Crippen molar-refractivity contribution in [3.8, 4) is 5.00 Å². The number of amides is 3. The maximum absolute atomic E-state index is 14.4. The standard InChI is InChI=1S/C47H47ClFN9O3S/c1-28(53-42(60)25-40-45-57-56-31(4)58(45)47-43(29(2)30(3)62-47)44(54-40)34-15-17-36(48)18-16-34)8-5-6-23-51-39-24-37(49)19-20-38(39)55-46(61)35-13-10-33(11-14-35)27-52-41(59)21-12-32-9-7-22-50-26-32/h7,9-22,24,26,28,40,51H,5-6,8,23,25,27H2,1-4H3,(H,52,59)(H,53,60)(H,55,61)/b21-12+/t28-,40?/m1/s1. The van der Waals surface area contributed by atoms with Gasteiger partial charge in [-0.05, 0) is 118 Å². The molecular formula is C47H47ClFN9O3S. The van der Waals surface area contributed by atoms with Gasteiger partial charge in [-0.25, -0.2) is 4.39 Å². The average molecular weight is 872 g/mol. The number of benzene rings is 3. The third kappa shape index (κ3) is 10.7. The number of nitrogens with zero attached hydrogens (tertiary/aromatic N) is 5. The van der Waals surface area contributed by atoms with Crippen molar-refractivity contribution >= 4 is 63.8 Å². The minimum atomic E-state index is -0.566. The Kier molecular flexibility index (Phi) is 14.0. The van der Waals surface area contributed by atoms with Crippen molar-refractivity contribution in [3.05, 3.63) is 158 Å². The summed E-state index contributed by atoms with van der Waals surface area (Å²) in [7, 11) is 0. The van der Waals surface area contributed by atoms with Gasteiger partial charge in [-0.3, -0.25) is 28.9 Å². The molecule has 62 heavy (non-hydrogen) atoms. The summed E-state index contributed by atoms with van der Waals surface area (Å²) in [6, 6.07) is 21.6. The third-order valence-corrected chi connectivity index (χ3v) is 12.0. The zero-order chi connectivity index (χ0) is 43.8. The Hall–Kier alpha value is -6.51. The van der Waals surface area contributed by atoms with Gasteiger partial charge in [-0.2, -0.15) is 0 Å². The first-order chi connectivity index (χ1) is 29.9.